The average molecular weight is 537 g/mol. The summed E-state index contributed by atoms with van der Waals surface area (Å²) in [6.45, 7) is 25.8. The van der Waals surface area contributed by atoms with Gasteiger partial charge in [-0.05, 0) is 63.9 Å². The van der Waals surface area contributed by atoms with Gasteiger partial charge in [0.1, 0.15) is 5.75 Å². The Morgan fingerprint density at radius 1 is 1.14 bits per heavy atom. The average Bonchev–Trinajstić information content (AvgIpc) is 2.83. The molecule has 1 aromatic rings. The van der Waals surface area contributed by atoms with Crippen LogP contribution in [-0.2, 0) is 10.2 Å². The minimum atomic E-state index is -0.190. The number of rotatable bonds is 2. The van der Waals surface area contributed by atoms with E-state index in [1.54, 1.807) is 11.8 Å². The molecule has 3 aliphatic rings. The Morgan fingerprint density at radius 2 is 1.81 bits per heavy atom. The summed E-state index contributed by atoms with van der Waals surface area (Å²) in [5, 5.41) is 0. The highest BCUT2D eigenvalue weighted by Gasteiger charge is 2.46. The molecule has 2 aliphatic heterocycles. The van der Waals surface area contributed by atoms with E-state index in [0.717, 1.165) is 28.2 Å². The summed E-state index contributed by atoms with van der Waals surface area (Å²) in [6.07, 6.45) is 5.29. The van der Waals surface area contributed by atoms with Gasteiger partial charge >= 0.3 is 0 Å². The number of Topliss-reactive ketones (excluding diaryl/α,β-unsaturated/α-hetero) is 1. The van der Waals surface area contributed by atoms with Gasteiger partial charge in [0.2, 0.25) is 0 Å². The van der Waals surface area contributed by atoms with E-state index in [-0.39, 0.29) is 28.4 Å². The monoisotopic (exact) mass is 536 g/mol. The molecule has 200 valence electrons. The Labute approximate surface area is 232 Å². The Balaban J connectivity index is 1.91. The molecule has 0 saturated carbocycles. The van der Waals surface area contributed by atoms with Gasteiger partial charge in [-0.25, -0.2) is 0 Å². The Morgan fingerprint density at radius 3 is 2.43 bits per heavy atom. The van der Waals surface area contributed by atoms with Crippen LogP contribution in [0.25, 0.3) is 5.57 Å². The van der Waals surface area contributed by atoms with Crippen molar-refractivity contribution in [1.29, 1.82) is 0 Å². The van der Waals surface area contributed by atoms with E-state index in [1.165, 1.54) is 31.8 Å². The lowest BCUT2D eigenvalue weighted by atomic mass is 9.55. The molecular formula is C33H44O2S2. The number of fused-ring (bicyclic) bond motifs is 2. The fourth-order valence-corrected chi connectivity index (χ4v) is 8.27. The molecule has 4 rings (SSSR count). The third-order valence-corrected chi connectivity index (χ3v) is 11.8. The maximum atomic E-state index is 13.3. The predicted octanol–water partition coefficient (Wildman–Crippen LogP) is 8.87. The lowest BCUT2D eigenvalue weighted by molar-refractivity contribution is -0.118. The standard InChI is InChI=1S/C33H44O2S2/c1-18-14-15-35-27-17-24-21(4)29(22(5)32(6,7)8)25(33(9,10)26(24)16-23(18)27)12-13-28-30(34)19(2)20(3)31(36-11)37-28/h12-13,16-17,19-22,29H,1,11,14-15H2,2-10H3/b25-12-,28-13-/t19?,20-,21+,22?,29?/m1/s1. The van der Waals surface area contributed by atoms with Gasteiger partial charge in [0.15, 0.2) is 5.78 Å². The molecule has 1 fully saturated rings. The summed E-state index contributed by atoms with van der Waals surface area (Å²) in [7, 11) is 1.53. The summed E-state index contributed by atoms with van der Waals surface area (Å²) < 4.78 is 7.33. The first-order valence-corrected chi connectivity index (χ1v) is 15.4. The van der Waals surface area contributed by atoms with E-state index < -0.39 is 0 Å². The highest BCUT2D eigenvalue weighted by Crippen LogP contribution is 2.56. The number of ketones is 1. The van der Waals surface area contributed by atoms with Crippen LogP contribution in [-0.4, -0.2) is 22.5 Å². The van der Waals surface area contributed by atoms with E-state index in [0.29, 0.717) is 24.4 Å². The Hall–Kier alpha value is -1.78. The van der Waals surface area contributed by atoms with Crippen molar-refractivity contribution in [2.45, 2.75) is 80.1 Å². The van der Waals surface area contributed by atoms with E-state index in [2.05, 4.69) is 99.0 Å². The molecule has 4 heteroatoms. The number of benzene rings is 1. The molecular weight excluding hydrogens is 492 g/mol. The van der Waals surface area contributed by atoms with Crippen LogP contribution in [0.3, 0.4) is 0 Å². The molecule has 0 spiro atoms. The van der Waals surface area contributed by atoms with Crippen LogP contribution in [0, 0.1) is 29.1 Å². The highest BCUT2D eigenvalue weighted by molar-refractivity contribution is 8.29. The van der Waals surface area contributed by atoms with Crippen LogP contribution in [0.15, 0.2) is 41.3 Å². The number of hydrogen-bond acceptors (Lipinski definition) is 3. The summed E-state index contributed by atoms with van der Waals surface area (Å²) in [4.78, 5) is 14.1. The van der Waals surface area contributed by atoms with Gasteiger partial charge in [-0.15, -0.1) is 10.9 Å². The number of ether oxygens (including phenoxy) is 1. The minimum Gasteiger partial charge on any atom is -0.493 e. The second-order valence-electron chi connectivity index (χ2n) is 12.9. The summed E-state index contributed by atoms with van der Waals surface area (Å²) >= 11 is 1.62. The van der Waals surface area contributed by atoms with E-state index >= 15 is 0 Å². The van der Waals surface area contributed by atoms with E-state index in [9.17, 15) is 4.79 Å². The second-order valence-corrected chi connectivity index (χ2v) is 15.0. The molecule has 3 unspecified atom stereocenters. The van der Waals surface area contributed by atoms with Gasteiger partial charge < -0.3 is 4.74 Å². The first-order valence-electron chi connectivity index (χ1n) is 13.6. The first kappa shape index (κ1) is 28.2. The molecule has 0 radical (unpaired) electrons. The Kier molecular flexibility index (Phi) is 7.69. The number of thioether (sulfide) groups is 1. The van der Waals surface area contributed by atoms with Crippen molar-refractivity contribution in [1.82, 2.24) is 0 Å². The maximum Gasteiger partial charge on any atom is 0.172 e. The molecule has 0 N–H and O–H groups in total. The zero-order valence-electron chi connectivity index (χ0n) is 24.2. The van der Waals surface area contributed by atoms with Crippen LogP contribution in [0.2, 0.25) is 0 Å². The zero-order valence-corrected chi connectivity index (χ0v) is 25.8. The van der Waals surface area contributed by atoms with Crippen LogP contribution < -0.4 is 4.74 Å². The highest BCUT2D eigenvalue weighted by atomic mass is 32.2. The zero-order chi connectivity index (χ0) is 27.4. The third kappa shape index (κ3) is 4.89. The molecule has 0 amide bonds. The lowest BCUT2D eigenvalue weighted by Crippen LogP contribution is -2.41. The number of hydrogen-bond donors (Lipinski definition) is 0. The van der Waals surface area contributed by atoms with Crippen molar-refractivity contribution in [3.8, 4) is 5.75 Å². The van der Waals surface area contributed by atoms with Crippen LogP contribution in [0.1, 0.15) is 91.3 Å². The van der Waals surface area contributed by atoms with Crippen molar-refractivity contribution in [3.63, 3.8) is 0 Å². The van der Waals surface area contributed by atoms with Crippen molar-refractivity contribution >= 4 is 44.1 Å². The molecule has 2 heterocycles. The molecule has 37 heavy (non-hydrogen) atoms. The number of allylic oxidation sites excluding steroid dienone is 4. The van der Waals surface area contributed by atoms with Crippen molar-refractivity contribution in [2.24, 2.45) is 29.1 Å². The van der Waals surface area contributed by atoms with Crippen LogP contribution >= 0.6 is 22.7 Å². The quantitative estimate of drug-likeness (QED) is 0.279. The Bertz CT molecular complexity index is 1250. The van der Waals surface area contributed by atoms with Gasteiger partial charge in [-0.1, -0.05) is 92.3 Å². The molecule has 1 aliphatic carbocycles. The van der Waals surface area contributed by atoms with E-state index in [4.69, 9.17) is 4.74 Å². The first-order chi connectivity index (χ1) is 17.2. The van der Waals surface area contributed by atoms with Crippen LogP contribution in [0.4, 0.5) is 0 Å². The van der Waals surface area contributed by atoms with Gasteiger partial charge in [0.25, 0.3) is 0 Å². The van der Waals surface area contributed by atoms with Crippen LogP contribution in [0.5, 0.6) is 5.75 Å². The van der Waals surface area contributed by atoms with Gasteiger partial charge in [-0.3, -0.25) is 4.79 Å². The molecule has 1 aromatic carbocycles. The number of carbonyl (C=O) groups is 1. The summed E-state index contributed by atoms with van der Waals surface area (Å²) in [5.41, 5.74) is 6.42. The largest absolute Gasteiger partial charge is 0.493 e. The number of carbonyl (C=O) groups excluding carboxylic acids is 1. The fraction of sp³-hybridized carbons (Fsp3) is 0.545. The van der Waals surface area contributed by atoms with Crippen molar-refractivity contribution in [2.75, 3.05) is 6.61 Å². The summed E-state index contributed by atoms with van der Waals surface area (Å²) in [6, 6.07) is 4.65. The van der Waals surface area contributed by atoms with E-state index in [1.807, 2.05) is 0 Å². The van der Waals surface area contributed by atoms with Crippen molar-refractivity contribution in [3.05, 3.63) is 58.0 Å². The maximum absolute atomic E-state index is 13.3. The minimum absolute atomic E-state index is 0.0176. The molecule has 2 nitrogen and oxygen atoms in total. The normalized spacial score (nSPS) is 30.6. The smallest absolute Gasteiger partial charge is 0.172 e. The molecule has 5 atom stereocenters. The second kappa shape index (κ2) is 10.1. The van der Waals surface area contributed by atoms with Crippen molar-refractivity contribution < 1.29 is 9.53 Å². The van der Waals surface area contributed by atoms with Gasteiger partial charge in [-0.2, -0.15) is 0 Å². The van der Waals surface area contributed by atoms with Gasteiger partial charge in [0.05, 0.1) is 11.5 Å². The molecule has 0 bridgehead atoms. The van der Waals surface area contributed by atoms with Gasteiger partial charge in [0, 0.05) is 33.4 Å². The summed E-state index contributed by atoms with van der Waals surface area (Å²) in [5.74, 6) is 6.61. The molecule has 1 saturated heterocycles. The molecule has 0 aromatic heterocycles. The topological polar surface area (TPSA) is 26.3 Å². The predicted molar refractivity (Wildman–Crippen MR) is 166 cm³/mol. The lowest BCUT2D eigenvalue weighted by Gasteiger charge is -2.50. The fourth-order valence-electron chi connectivity index (χ4n) is 6.27. The SMILES string of the molecule is C=S=C1S/C(=C\C=C2\C(C(C)C(C)(C)C)[C@@H](C)c3cc4c(cc3C2(C)C)C(=C)CCO4)C(=O)C(C)[C@H]1C. The third-order valence-electron chi connectivity index (χ3n) is 9.43.